The number of rotatable bonds is 11. The normalized spacial score (nSPS) is 18.8. The van der Waals surface area contributed by atoms with E-state index in [1.807, 2.05) is 25.9 Å². The summed E-state index contributed by atoms with van der Waals surface area (Å²) >= 11 is 0. The predicted octanol–water partition coefficient (Wildman–Crippen LogP) is 2.51. The van der Waals surface area contributed by atoms with Crippen molar-refractivity contribution in [3.63, 3.8) is 0 Å². The monoisotopic (exact) mass is 560 g/mol. The topological polar surface area (TPSA) is 119 Å². The summed E-state index contributed by atoms with van der Waals surface area (Å²) < 4.78 is 33.9. The van der Waals surface area contributed by atoms with Gasteiger partial charge >= 0.3 is 0 Å². The number of carbonyl (C=O) groups is 2. The van der Waals surface area contributed by atoms with Crippen molar-refractivity contribution in [3.05, 3.63) is 54.1 Å². The van der Waals surface area contributed by atoms with E-state index in [1.165, 1.54) is 11.4 Å². The van der Waals surface area contributed by atoms with Crippen LogP contribution in [0.2, 0.25) is 0 Å². The Hall–Kier alpha value is -2.99. The first-order valence-corrected chi connectivity index (χ1v) is 14.6. The number of aliphatic hydroxyl groups is 1. The molecule has 0 aliphatic carbocycles. The summed E-state index contributed by atoms with van der Waals surface area (Å²) in [6.07, 6.45) is 0.460. The first kappa shape index (κ1) is 30.6. The maximum atomic E-state index is 13.6. The highest BCUT2D eigenvalue weighted by molar-refractivity contribution is 7.89. The molecule has 0 saturated carbocycles. The lowest BCUT2D eigenvalue weighted by atomic mass is 9.99. The van der Waals surface area contributed by atoms with Gasteiger partial charge < -0.3 is 25.0 Å². The van der Waals surface area contributed by atoms with Crippen molar-refractivity contribution in [2.24, 2.45) is 5.92 Å². The Morgan fingerprint density at radius 2 is 1.87 bits per heavy atom. The number of amides is 2. The summed E-state index contributed by atoms with van der Waals surface area (Å²) in [6, 6.07) is 12.6. The van der Waals surface area contributed by atoms with Gasteiger partial charge in [-0.25, -0.2) is 8.42 Å². The average Bonchev–Trinajstić information content (AvgIpc) is 2.90. The van der Waals surface area contributed by atoms with Gasteiger partial charge in [0.1, 0.15) is 11.9 Å². The number of benzene rings is 2. The molecule has 0 saturated heterocycles. The summed E-state index contributed by atoms with van der Waals surface area (Å²) in [5, 5.41) is 12.7. The zero-order chi connectivity index (χ0) is 28.7. The molecule has 0 aromatic heterocycles. The minimum Gasteiger partial charge on any atom is -0.488 e. The maximum Gasteiger partial charge on any atom is 0.258 e. The molecule has 0 spiro atoms. The third-order valence-electron chi connectivity index (χ3n) is 6.85. The number of sulfonamides is 1. The van der Waals surface area contributed by atoms with Crippen molar-refractivity contribution in [1.82, 2.24) is 14.1 Å². The fourth-order valence-corrected chi connectivity index (χ4v) is 5.63. The number of fused-ring (bicyclic) bond motifs is 1. The number of likely N-dealkylation sites (N-methyl/N-ethyl adjacent to an activating group) is 1. The Morgan fingerprint density at radius 3 is 2.51 bits per heavy atom. The summed E-state index contributed by atoms with van der Waals surface area (Å²) in [5.41, 5.74) is 0.706. The second-order valence-electron chi connectivity index (χ2n) is 10.4. The average molecular weight is 561 g/mol. The SMILES string of the molecule is C[C@H]1CN([C@@H](C)CO)C(=O)c2cc(NC(=O)CCCN(C)C)ccc2O[C@@H]1CN(C)S(=O)(=O)c1ccccc1. The van der Waals surface area contributed by atoms with E-state index < -0.39 is 22.2 Å². The summed E-state index contributed by atoms with van der Waals surface area (Å²) in [7, 11) is 1.64. The molecule has 2 amide bonds. The van der Waals surface area contributed by atoms with Crippen LogP contribution in [0.15, 0.2) is 53.4 Å². The van der Waals surface area contributed by atoms with E-state index in [1.54, 1.807) is 60.4 Å². The number of nitrogens with zero attached hydrogens (tertiary/aromatic N) is 3. The highest BCUT2D eigenvalue weighted by Crippen LogP contribution is 2.31. The molecule has 0 fully saturated rings. The van der Waals surface area contributed by atoms with Crippen LogP contribution in [0.25, 0.3) is 0 Å². The molecule has 214 valence electrons. The Kier molecular flexibility index (Phi) is 10.5. The van der Waals surface area contributed by atoms with E-state index in [4.69, 9.17) is 4.74 Å². The minimum absolute atomic E-state index is 0.0533. The Balaban J connectivity index is 1.89. The van der Waals surface area contributed by atoms with Crippen LogP contribution in [0.3, 0.4) is 0 Å². The van der Waals surface area contributed by atoms with Crippen LogP contribution in [0.4, 0.5) is 5.69 Å². The molecule has 3 atom stereocenters. The number of nitrogens with one attached hydrogen (secondary N) is 1. The van der Waals surface area contributed by atoms with Crippen LogP contribution in [-0.4, -0.2) is 99.0 Å². The van der Waals surface area contributed by atoms with Gasteiger partial charge in [-0.3, -0.25) is 9.59 Å². The van der Waals surface area contributed by atoms with Crippen molar-refractivity contribution in [2.45, 2.75) is 43.7 Å². The van der Waals surface area contributed by atoms with Gasteiger partial charge in [-0.2, -0.15) is 4.31 Å². The van der Waals surface area contributed by atoms with E-state index in [2.05, 4.69) is 5.32 Å². The molecule has 1 heterocycles. The summed E-state index contributed by atoms with van der Waals surface area (Å²) in [6.45, 7) is 4.51. The number of carbonyl (C=O) groups excluding carboxylic acids is 2. The van der Waals surface area contributed by atoms with Gasteiger partial charge in [0.05, 0.1) is 29.7 Å². The van der Waals surface area contributed by atoms with E-state index in [9.17, 15) is 23.1 Å². The molecule has 2 N–H and O–H groups in total. The van der Waals surface area contributed by atoms with Crippen molar-refractivity contribution in [1.29, 1.82) is 0 Å². The molecule has 10 nitrogen and oxygen atoms in total. The summed E-state index contributed by atoms with van der Waals surface area (Å²) in [4.78, 5) is 29.8. The molecule has 39 heavy (non-hydrogen) atoms. The van der Waals surface area contributed by atoms with Gasteiger partial charge in [-0.15, -0.1) is 0 Å². The van der Waals surface area contributed by atoms with Gasteiger partial charge in [-0.1, -0.05) is 25.1 Å². The largest absolute Gasteiger partial charge is 0.488 e. The van der Waals surface area contributed by atoms with E-state index in [0.717, 1.165) is 6.54 Å². The molecule has 0 unspecified atom stereocenters. The molecule has 0 bridgehead atoms. The fourth-order valence-electron chi connectivity index (χ4n) is 4.42. The highest BCUT2D eigenvalue weighted by atomic mass is 32.2. The zero-order valence-electron chi connectivity index (χ0n) is 23.3. The minimum atomic E-state index is -3.76. The van der Waals surface area contributed by atoms with Gasteiger partial charge in [-0.05, 0) is 64.3 Å². The van der Waals surface area contributed by atoms with Crippen molar-refractivity contribution < 1.29 is 27.9 Å². The quantitative estimate of drug-likeness (QED) is 0.433. The van der Waals surface area contributed by atoms with Crippen molar-refractivity contribution >= 4 is 27.5 Å². The van der Waals surface area contributed by atoms with Gasteiger partial charge in [0.25, 0.3) is 5.91 Å². The van der Waals surface area contributed by atoms with Gasteiger partial charge in [0.15, 0.2) is 0 Å². The number of hydrogen-bond acceptors (Lipinski definition) is 7. The first-order chi connectivity index (χ1) is 18.4. The molecule has 11 heteroatoms. The van der Waals surface area contributed by atoms with Crippen molar-refractivity contribution in [3.8, 4) is 5.75 Å². The molecule has 0 radical (unpaired) electrons. The molecular formula is C28H40N4O6S. The maximum absolute atomic E-state index is 13.6. The third-order valence-corrected chi connectivity index (χ3v) is 8.68. The van der Waals surface area contributed by atoms with Crippen LogP contribution in [0.5, 0.6) is 5.75 Å². The molecule has 1 aliphatic rings. The van der Waals surface area contributed by atoms with E-state index in [0.29, 0.717) is 24.3 Å². The molecule has 2 aromatic rings. The van der Waals surface area contributed by atoms with Crippen LogP contribution in [0.1, 0.15) is 37.0 Å². The lowest BCUT2D eigenvalue weighted by Gasteiger charge is -2.38. The second-order valence-corrected chi connectivity index (χ2v) is 12.4. The van der Waals surface area contributed by atoms with Crippen LogP contribution >= 0.6 is 0 Å². The standard InChI is InChI=1S/C28H40N4O6S/c1-20-17-32(21(2)19-33)28(35)24-16-22(29-27(34)12-9-15-30(3)4)13-14-25(24)38-26(20)18-31(5)39(36,37)23-10-7-6-8-11-23/h6-8,10-11,13-14,16,20-21,26,33H,9,12,15,17-19H2,1-5H3,(H,29,34)/t20-,21-,26+/m0/s1. The summed E-state index contributed by atoms with van der Waals surface area (Å²) in [5.74, 6) is -0.440. The first-order valence-electron chi connectivity index (χ1n) is 13.1. The Labute approximate surface area is 231 Å². The Bertz CT molecular complexity index is 1240. The highest BCUT2D eigenvalue weighted by Gasteiger charge is 2.35. The van der Waals surface area contributed by atoms with Crippen LogP contribution in [0, 0.1) is 5.92 Å². The van der Waals surface area contributed by atoms with E-state index in [-0.39, 0.29) is 47.9 Å². The van der Waals surface area contributed by atoms with Gasteiger partial charge in [0, 0.05) is 31.6 Å². The molecular weight excluding hydrogens is 520 g/mol. The number of aliphatic hydroxyl groups excluding tert-OH is 1. The van der Waals surface area contributed by atoms with Crippen LogP contribution in [-0.2, 0) is 14.8 Å². The second kappa shape index (κ2) is 13.4. The smallest absolute Gasteiger partial charge is 0.258 e. The van der Waals surface area contributed by atoms with Crippen LogP contribution < -0.4 is 10.1 Å². The number of anilines is 1. The number of ether oxygens (including phenoxy) is 1. The predicted molar refractivity (Wildman–Crippen MR) is 150 cm³/mol. The lowest BCUT2D eigenvalue weighted by molar-refractivity contribution is -0.116. The number of hydrogen-bond donors (Lipinski definition) is 2. The van der Waals surface area contributed by atoms with E-state index >= 15 is 0 Å². The molecule has 2 aromatic carbocycles. The fraction of sp³-hybridized carbons (Fsp3) is 0.500. The van der Waals surface area contributed by atoms with Gasteiger partial charge in [0.2, 0.25) is 15.9 Å². The lowest BCUT2D eigenvalue weighted by Crippen LogP contribution is -2.50. The third kappa shape index (κ3) is 7.78. The Morgan fingerprint density at radius 1 is 1.18 bits per heavy atom. The van der Waals surface area contributed by atoms with Crippen molar-refractivity contribution in [2.75, 3.05) is 52.7 Å². The molecule has 1 aliphatic heterocycles. The zero-order valence-corrected chi connectivity index (χ0v) is 24.1. The molecule has 3 rings (SSSR count).